The van der Waals surface area contributed by atoms with Gasteiger partial charge in [-0.15, -0.1) is 0 Å². The Labute approximate surface area is 154 Å². The molecule has 134 valence electrons. The van der Waals surface area contributed by atoms with Crippen LogP contribution in [0.1, 0.15) is 56.0 Å². The monoisotopic (exact) mass is 359 g/mol. The highest BCUT2D eigenvalue weighted by Gasteiger charge is 2.36. The van der Waals surface area contributed by atoms with E-state index in [0.29, 0.717) is 18.0 Å². The Morgan fingerprint density at radius 1 is 1.28 bits per heavy atom. The number of hydrogen-bond acceptors (Lipinski definition) is 3. The number of hydrogen-bond donors (Lipinski definition) is 1. The largest absolute Gasteiger partial charge is 0.369 e. The van der Waals surface area contributed by atoms with Crippen molar-refractivity contribution < 1.29 is 4.74 Å². The highest BCUT2D eigenvalue weighted by Crippen LogP contribution is 2.39. The van der Waals surface area contributed by atoms with Crippen molar-refractivity contribution in [1.82, 2.24) is 14.9 Å². The molecule has 4 nitrogen and oxygen atoms in total. The predicted octanol–water partition coefficient (Wildman–Crippen LogP) is 4.31. The molecular formula is C20H26ClN3O. The Hall–Kier alpha value is -1.36. The highest BCUT2D eigenvalue weighted by atomic mass is 35.5. The number of aromatic nitrogens is 2. The van der Waals surface area contributed by atoms with Crippen LogP contribution in [0.4, 0.5) is 0 Å². The molecule has 4 rings (SSSR count). The maximum absolute atomic E-state index is 6.11. The summed E-state index contributed by atoms with van der Waals surface area (Å²) in [6.07, 6.45) is 8.65. The summed E-state index contributed by atoms with van der Waals surface area (Å²) in [6, 6.07) is 9.24. The van der Waals surface area contributed by atoms with Crippen molar-refractivity contribution in [2.75, 3.05) is 6.61 Å². The second kappa shape index (κ2) is 7.48. The molecule has 0 bridgehead atoms. The Morgan fingerprint density at radius 3 is 2.84 bits per heavy atom. The molecule has 0 radical (unpaired) electrons. The van der Waals surface area contributed by atoms with Crippen LogP contribution in [-0.2, 0) is 11.3 Å². The second-order valence-corrected chi connectivity index (χ2v) is 7.63. The zero-order valence-corrected chi connectivity index (χ0v) is 15.5. The lowest BCUT2D eigenvalue weighted by molar-refractivity contribution is -0.0243. The van der Waals surface area contributed by atoms with Crippen LogP contribution in [0.15, 0.2) is 36.7 Å². The van der Waals surface area contributed by atoms with Gasteiger partial charge in [0.1, 0.15) is 11.9 Å². The van der Waals surface area contributed by atoms with Gasteiger partial charge in [0.15, 0.2) is 0 Å². The van der Waals surface area contributed by atoms with E-state index >= 15 is 0 Å². The third-order valence-corrected chi connectivity index (χ3v) is 5.85. The molecule has 1 aliphatic heterocycles. The van der Waals surface area contributed by atoms with Gasteiger partial charge in [0.05, 0.1) is 0 Å². The molecule has 1 N–H and O–H groups in total. The molecule has 2 aliphatic rings. The van der Waals surface area contributed by atoms with E-state index in [1.54, 1.807) is 0 Å². The van der Waals surface area contributed by atoms with Crippen LogP contribution in [0.25, 0.3) is 0 Å². The first-order chi connectivity index (χ1) is 12.2. The van der Waals surface area contributed by atoms with E-state index in [1.165, 1.54) is 18.4 Å². The Morgan fingerprint density at radius 2 is 2.08 bits per heavy atom. The normalized spacial score (nSPS) is 29.4. The summed E-state index contributed by atoms with van der Waals surface area (Å²) in [7, 11) is 0. The molecule has 1 saturated carbocycles. The van der Waals surface area contributed by atoms with Gasteiger partial charge in [0.2, 0.25) is 0 Å². The molecule has 5 heteroatoms. The minimum atomic E-state index is 0.0679. The van der Waals surface area contributed by atoms with E-state index in [2.05, 4.69) is 33.9 Å². The summed E-state index contributed by atoms with van der Waals surface area (Å²) in [5, 5.41) is 4.66. The van der Waals surface area contributed by atoms with Gasteiger partial charge in [-0.25, -0.2) is 4.98 Å². The van der Waals surface area contributed by atoms with Gasteiger partial charge in [-0.05, 0) is 56.2 Å². The van der Waals surface area contributed by atoms with Crippen LogP contribution in [0.3, 0.4) is 0 Å². The molecule has 1 aliphatic carbocycles. The fourth-order valence-electron chi connectivity index (χ4n) is 4.12. The molecule has 2 atom stereocenters. The van der Waals surface area contributed by atoms with Gasteiger partial charge in [-0.2, -0.15) is 0 Å². The fourth-order valence-corrected chi connectivity index (χ4v) is 4.24. The standard InChI is InChI=1S/C20H26ClN3O/c1-2-24-10-9-22-20(24)19-18(4-3-11-25-19)23-17-12-15(13-17)14-5-7-16(21)8-6-14/h5-10,15,17-19,23H,2-4,11-13H2,1H3/t15?,17?,18-,19-/m0/s1. The lowest BCUT2D eigenvalue weighted by atomic mass is 9.75. The zero-order chi connectivity index (χ0) is 17.2. The van der Waals surface area contributed by atoms with Crippen molar-refractivity contribution in [3.63, 3.8) is 0 Å². The van der Waals surface area contributed by atoms with Crippen molar-refractivity contribution in [2.45, 2.75) is 63.3 Å². The number of ether oxygens (including phenoxy) is 1. The van der Waals surface area contributed by atoms with Gasteiger partial charge in [-0.3, -0.25) is 0 Å². The van der Waals surface area contributed by atoms with E-state index in [4.69, 9.17) is 16.3 Å². The Balaban J connectivity index is 1.37. The van der Waals surface area contributed by atoms with E-state index in [9.17, 15) is 0 Å². The van der Waals surface area contributed by atoms with Crippen molar-refractivity contribution in [3.8, 4) is 0 Å². The molecule has 25 heavy (non-hydrogen) atoms. The van der Waals surface area contributed by atoms with E-state index in [0.717, 1.165) is 36.8 Å². The molecule has 2 aromatic rings. The van der Waals surface area contributed by atoms with Crippen LogP contribution < -0.4 is 5.32 Å². The van der Waals surface area contributed by atoms with Gasteiger partial charge in [0, 0.05) is 42.7 Å². The van der Waals surface area contributed by atoms with Crippen LogP contribution in [0.2, 0.25) is 5.02 Å². The summed E-state index contributed by atoms with van der Waals surface area (Å²) in [6.45, 7) is 3.92. The average molecular weight is 360 g/mol. The number of aryl methyl sites for hydroxylation is 1. The summed E-state index contributed by atoms with van der Waals surface area (Å²) in [4.78, 5) is 4.57. The smallest absolute Gasteiger partial charge is 0.139 e. The number of halogens is 1. The quantitative estimate of drug-likeness (QED) is 0.864. The number of nitrogens with one attached hydrogen (secondary N) is 1. The molecule has 1 saturated heterocycles. The summed E-state index contributed by atoms with van der Waals surface area (Å²) >= 11 is 5.99. The van der Waals surface area contributed by atoms with Gasteiger partial charge in [0.25, 0.3) is 0 Å². The van der Waals surface area contributed by atoms with Crippen molar-refractivity contribution in [2.24, 2.45) is 0 Å². The molecule has 2 fully saturated rings. The molecule has 0 unspecified atom stereocenters. The van der Waals surface area contributed by atoms with Gasteiger partial charge >= 0.3 is 0 Å². The van der Waals surface area contributed by atoms with Crippen LogP contribution in [-0.4, -0.2) is 28.2 Å². The maximum Gasteiger partial charge on any atom is 0.139 e. The highest BCUT2D eigenvalue weighted by molar-refractivity contribution is 6.30. The summed E-state index contributed by atoms with van der Waals surface area (Å²) < 4.78 is 8.31. The SMILES string of the molecule is CCn1ccnc1[C@H]1OCCC[C@@H]1NC1CC(c2ccc(Cl)cc2)C1. The molecule has 2 heterocycles. The average Bonchev–Trinajstić information content (AvgIpc) is 3.08. The van der Waals surface area contributed by atoms with E-state index < -0.39 is 0 Å². The molecular weight excluding hydrogens is 334 g/mol. The van der Waals surface area contributed by atoms with Crippen LogP contribution in [0.5, 0.6) is 0 Å². The van der Waals surface area contributed by atoms with Crippen molar-refractivity contribution in [1.29, 1.82) is 0 Å². The predicted molar refractivity (Wildman–Crippen MR) is 100.0 cm³/mol. The van der Waals surface area contributed by atoms with Crippen LogP contribution >= 0.6 is 11.6 Å². The van der Waals surface area contributed by atoms with E-state index in [1.807, 2.05) is 24.5 Å². The Bertz CT molecular complexity index is 693. The first-order valence-corrected chi connectivity index (χ1v) is 9.76. The van der Waals surface area contributed by atoms with Gasteiger partial charge < -0.3 is 14.6 Å². The lowest BCUT2D eigenvalue weighted by Gasteiger charge is -2.42. The van der Waals surface area contributed by atoms with Crippen LogP contribution in [0, 0.1) is 0 Å². The first kappa shape index (κ1) is 17.1. The minimum Gasteiger partial charge on any atom is -0.369 e. The fraction of sp³-hybridized carbons (Fsp3) is 0.550. The maximum atomic E-state index is 6.11. The molecule has 1 aromatic heterocycles. The summed E-state index contributed by atoms with van der Waals surface area (Å²) in [5.74, 6) is 1.71. The third kappa shape index (κ3) is 3.62. The first-order valence-electron chi connectivity index (χ1n) is 9.38. The number of rotatable bonds is 5. The molecule has 0 amide bonds. The second-order valence-electron chi connectivity index (χ2n) is 7.20. The molecule has 0 spiro atoms. The number of benzene rings is 1. The lowest BCUT2D eigenvalue weighted by Crippen LogP contribution is -2.50. The summed E-state index contributed by atoms with van der Waals surface area (Å²) in [5.41, 5.74) is 1.40. The number of nitrogens with zero attached hydrogens (tertiary/aromatic N) is 2. The number of imidazole rings is 1. The van der Waals surface area contributed by atoms with E-state index in [-0.39, 0.29) is 6.10 Å². The molecule has 1 aromatic carbocycles. The minimum absolute atomic E-state index is 0.0679. The third-order valence-electron chi connectivity index (χ3n) is 5.59. The zero-order valence-electron chi connectivity index (χ0n) is 14.7. The Kier molecular flexibility index (Phi) is 5.11. The van der Waals surface area contributed by atoms with Gasteiger partial charge in [-0.1, -0.05) is 23.7 Å². The van der Waals surface area contributed by atoms with Crippen molar-refractivity contribution >= 4 is 11.6 Å². The topological polar surface area (TPSA) is 39.1 Å². The van der Waals surface area contributed by atoms with Crippen molar-refractivity contribution in [3.05, 3.63) is 53.1 Å².